The molecule has 7 nitrogen and oxygen atoms in total. The molecule has 1 amide bonds. The maximum atomic E-state index is 15.4. The fourth-order valence-electron chi connectivity index (χ4n) is 4.60. The molecule has 0 aliphatic carbocycles. The van der Waals surface area contributed by atoms with Gasteiger partial charge >= 0.3 is 0 Å². The molecule has 2 unspecified atom stereocenters. The summed E-state index contributed by atoms with van der Waals surface area (Å²) in [6, 6.07) is 3.21. The highest BCUT2D eigenvalue weighted by molar-refractivity contribution is 6.34. The maximum absolute atomic E-state index is 15.4. The van der Waals surface area contributed by atoms with Gasteiger partial charge in [-0.05, 0) is 45.4 Å². The number of nitrogens with zero attached hydrogens (tertiary/aromatic N) is 5. The van der Waals surface area contributed by atoms with E-state index in [1.54, 1.807) is 17.0 Å². The number of amidine groups is 1. The molecule has 2 aliphatic rings. The Balaban J connectivity index is 1.66. The zero-order valence-corrected chi connectivity index (χ0v) is 22.4. The maximum Gasteiger partial charge on any atom is 0.258 e. The van der Waals surface area contributed by atoms with Crippen LogP contribution in [0.15, 0.2) is 35.6 Å². The number of benzene rings is 1. The summed E-state index contributed by atoms with van der Waals surface area (Å²) >= 11 is 6.52. The van der Waals surface area contributed by atoms with Crippen LogP contribution in [0.2, 0.25) is 5.02 Å². The Bertz CT molecular complexity index is 1280. The highest BCUT2D eigenvalue weighted by atomic mass is 35.5. The number of rotatable bonds is 4. The van der Waals surface area contributed by atoms with Gasteiger partial charge in [0.1, 0.15) is 18.0 Å². The van der Waals surface area contributed by atoms with Crippen molar-refractivity contribution in [2.24, 2.45) is 16.6 Å². The summed E-state index contributed by atoms with van der Waals surface area (Å²) in [4.78, 5) is 30.3. The molecule has 2 atom stereocenters. The molecule has 1 aromatic heterocycles. The predicted molar refractivity (Wildman–Crippen MR) is 145 cm³/mol. The number of carbonyl (C=O) groups is 1. The molecule has 9 heteroatoms. The summed E-state index contributed by atoms with van der Waals surface area (Å²) in [6.45, 7) is 10.7. The minimum Gasteiger partial charge on any atom is -0.384 e. The van der Waals surface area contributed by atoms with Crippen LogP contribution in [0, 0.1) is 23.6 Å². The Hall–Kier alpha value is -3.28. The summed E-state index contributed by atoms with van der Waals surface area (Å²) in [6.07, 6.45) is 5.73. The van der Waals surface area contributed by atoms with Gasteiger partial charge in [-0.1, -0.05) is 36.4 Å². The van der Waals surface area contributed by atoms with Crippen molar-refractivity contribution in [2.45, 2.75) is 46.2 Å². The van der Waals surface area contributed by atoms with Gasteiger partial charge in [-0.3, -0.25) is 14.7 Å². The molecule has 0 spiro atoms. The molecule has 3 heterocycles. The third-order valence-corrected chi connectivity index (χ3v) is 7.13. The number of hydrogen-bond acceptors (Lipinski definition) is 6. The normalized spacial score (nSPS) is 20.0. The second kappa shape index (κ2) is 11.4. The van der Waals surface area contributed by atoms with Crippen molar-refractivity contribution in [3.05, 3.63) is 58.3 Å². The average Bonchev–Trinajstić information content (AvgIpc) is 2.87. The molecule has 2 aromatic rings. The van der Waals surface area contributed by atoms with Gasteiger partial charge in [-0.2, -0.15) is 0 Å². The van der Waals surface area contributed by atoms with E-state index in [2.05, 4.69) is 45.5 Å². The summed E-state index contributed by atoms with van der Waals surface area (Å²) in [5, 5.41) is 0.0514. The molecule has 2 N–H and O–H groups in total. The topological polar surface area (TPSA) is 87.7 Å². The van der Waals surface area contributed by atoms with E-state index in [1.165, 1.54) is 12.4 Å². The molecule has 37 heavy (non-hydrogen) atoms. The van der Waals surface area contributed by atoms with Crippen LogP contribution < -0.4 is 5.73 Å². The van der Waals surface area contributed by atoms with Crippen molar-refractivity contribution < 1.29 is 9.18 Å². The smallest absolute Gasteiger partial charge is 0.258 e. The number of dihydropyridines is 1. The molecule has 0 radical (unpaired) electrons. The van der Waals surface area contributed by atoms with Gasteiger partial charge in [-0.15, -0.1) is 0 Å². The van der Waals surface area contributed by atoms with Crippen molar-refractivity contribution in [2.75, 3.05) is 26.2 Å². The van der Waals surface area contributed by atoms with E-state index < -0.39 is 11.7 Å². The molecule has 1 fully saturated rings. The van der Waals surface area contributed by atoms with Crippen molar-refractivity contribution in [3.63, 3.8) is 0 Å². The van der Waals surface area contributed by atoms with E-state index in [-0.39, 0.29) is 22.5 Å². The number of carbonyl (C=O) groups excluding carboxylic acids is 1. The summed E-state index contributed by atoms with van der Waals surface area (Å²) < 4.78 is 15.4. The van der Waals surface area contributed by atoms with Crippen LogP contribution in [-0.4, -0.2) is 69.8 Å². The standard InChI is InChI=1S/C28H32ClFN6O/c1-5-24-21(8-6-19-7-9-25(31)34-18(19)4)27(33-16-32-24)20-14-22(29)26(23(30)15-20)28(37)36-12-10-35(11-13-36)17(2)3/h7,9,14-19H,5,10-13H2,1-4H3,(H2,31,34). The largest absolute Gasteiger partial charge is 0.384 e. The van der Waals surface area contributed by atoms with Crippen molar-refractivity contribution >= 4 is 23.3 Å². The van der Waals surface area contributed by atoms with Crippen molar-refractivity contribution in [3.8, 4) is 23.1 Å². The molecular formula is C28H32ClFN6O. The highest BCUT2D eigenvalue weighted by Gasteiger charge is 2.28. The van der Waals surface area contributed by atoms with Gasteiger partial charge in [0.2, 0.25) is 0 Å². The zero-order valence-electron chi connectivity index (χ0n) is 21.6. The van der Waals surface area contributed by atoms with Crippen LogP contribution in [0.3, 0.4) is 0 Å². The van der Waals surface area contributed by atoms with Gasteiger partial charge in [0.05, 0.1) is 39.5 Å². The first-order valence-electron chi connectivity index (χ1n) is 12.6. The molecule has 4 rings (SSSR count). The summed E-state index contributed by atoms with van der Waals surface area (Å²) in [7, 11) is 0. The lowest BCUT2D eigenvalue weighted by atomic mass is 9.97. The fraction of sp³-hybridized carbons (Fsp3) is 0.429. The van der Waals surface area contributed by atoms with Gasteiger partial charge in [0.15, 0.2) is 0 Å². The van der Waals surface area contributed by atoms with Crippen molar-refractivity contribution in [1.29, 1.82) is 0 Å². The Morgan fingerprint density at radius 1 is 1.24 bits per heavy atom. The third-order valence-electron chi connectivity index (χ3n) is 6.83. The minimum absolute atomic E-state index is 0.0514. The quantitative estimate of drug-likeness (QED) is 0.614. The van der Waals surface area contributed by atoms with Gasteiger partial charge in [-0.25, -0.2) is 14.4 Å². The molecular weight excluding hydrogens is 491 g/mol. The first kappa shape index (κ1) is 26.8. The summed E-state index contributed by atoms with van der Waals surface area (Å²) in [5.41, 5.74) is 7.94. The second-order valence-corrected chi connectivity index (χ2v) is 9.99. The van der Waals surface area contributed by atoms with Crippen LogP contribution >= 0.6 is 11.6 Å². The van der Waals surface area contributed by atoms with E-state index in [9.17, 15) is 4.79 Å². The van der Waals surface area contributed by atoms with Crippen LogP contribution in [0.4, 0.5) is 4.39 Å². The number of amides is 1. The molecule has 1 aromatic carbocycles. The number of aromatic nitrogens is 2. The Morgan fingerprint density at radius 3 is 2.59 bits per heavy atom. The fourth-order valence-corrected chi connectivity index (χ4v) is 4.89. The molecule has 2 aliphatic heterocycles. The van der Waals surface area contributed by atoms with Crippen LogP contribution in [0.5, 0.6) is 0 Å². The average molecular weight is 523 g/mol. The lowest BCUT2D eigenvalue weighted by Crippen LogP contribution is -2.50. The lowest BCUT2D eigenvalue weighted by Gasteiger charge is -2.37. The first-order valence-corrected chi connectivity index (χ1v) is 13.0. The number of hydrogen-bond donors (Lipinski definition) is 1. The van der Waals surface area contributed by atoms with E-state index >= 15 is 4.39 Å². The Labute approximate surface area is 222 Å². The number of aryl methyl sites for hydroxylation is 1. The molecule has 0 bridgehead atoms. The molecule has 194 valence electrons. The van der Waals surface area contributed by atoms with Gasteiger partial charge in [0.25, 0.3) is 5.91 Å². The number of halogens is 2. The van der Waals surface area contributed by atoms with Gasteiger partial charge < -0.3 is 10.6 Å². The highest BCUT2D eigenvalue weighted by Crippen LogP contribution is 2.31. The van der Waals surface area contributed by atoms with Gasteiger partial charge in [0, 0.05) is 37.8 Å². The SMILES string of the molecule is CCc1ncnc(-c2cc(F)c(C(=O)N3CCN(C(C)C)CC3)c(Cl)c2)c1C#CC1C=CC(N)=NC1C. The van der Waals surface area contributed by atoms with Crippen LogP contribution in [0.25, 0.3) is 11.3 Å². The molecule has 0 saturated carbocycles. The van der Waals surface area contributed by atoms with E-state index in [4.69, 9.17) is 17.3 Å². The zero-order chi connectivity index (χ0) is 26.7. The third kappa shape index (κ3) is 5.84. The predicted octanol–water partition coefficient (Wildman–Crippen LogP) is 3.95. The van der Waals surface area contributed by atoms with E-state index in [0.717, 1.165) is 18.8 Å². The van der Waals surface area contributed by atoms with Crippen LogP contribution in [0.1, 0.15) is 49.3 Å². The Morgan fingerprint density at radius 2 is 1.97 bits per heavy atom. The molecule has 1 saturated heterocycles. The lowest BCUT2D eigenvalue weighted by molar-refractivity contribution is 0.0591. The number of nitrogens with two attached hydrogens (primary N) is 1. The minimum atomic E-state index is -0.678. The van der Waals surface area contributed by atoms with Crippen LogP contribution in [-0.2, 0) is 6.42 Å². The first-order chi connectivity index (χ1) is 17.7. The second-order valence-electron chi connectivity index (χ2n) is 9.58. The van der Waals surface area contributed by atoms with E-state index in [1.807, 2.05) is 19.9 Å². The van der Waals surface area contributed by atoms with E-state index in [0.29, 0.717) is 48.2 Å². The Kier molecular flexibility index (Phi) is 8.25. The number of piperazine rings is 1. The summed E-state index contributed by atoms with van der Waals surface area (Å²) in [5.74, 6) is 5.72. The number of aliphatic imine (C=N–C) groups is 1. The van der Waals surface area contributed by atoms with Crippen molar-refractivity contribution in [1.82, 2.24) is 19.8 Å². The monoisotopic (exact) mass is 522 g/mol.